The molecule has 0 bridgehead atoms. The van der Waals surface area contributed by atoms with Crippen LogP contribution in [-0.2, 0) is 13.0 Å². The van der Waals surface area contributed by atoms with E-state index >= 15 is 0 Å². The van der Waals surface area contributed by atoms with Crippen molar-refractivity contribution < 1.29 is 18.3 Å². The number of carbonyl (C=O) groups is 1. The number of hydrogen-bond donors (Lipinski definition) is 1. The molecule has 1 aliphatic rings. The number of aromatic nitrogens is 3. The van der Waals surface area contributed by atoms with Crippen LogP contribution in [-0.4, -0.2) is 32.4 Å². The highest BCUT2D eigenvalue weighted by Crippen LogP contribution is 2.39. The topological polar surface area (TPSA) is 64.3 Å². The summed E-state index contributed by atoms with van der Waals surface area (Å²) < 4.78 is 38.0. The number of para-hydroxylation sites is 1. The Balaban J connectivity index is 1.56. The standard InChI is InChI=1S/C31H27F2N5O2/c1-3-26-24-19-37(31(39)34-27-18-21(32)14-15-25(27)33)29(20-9-7-12-23(17-20)40-2)28-13-8-16-36(28)30(24)38(35-26)22-10-5-4-6-11-22/h4-18,29H,3,19H2,1-2H3,(H,34,39)/t29-/m1/s1. The van der Waals surface area contributed by atoms with E-state index < -0.39 is 23.7 Å². The van der Waals surface area contributed by atoms with Gasteiger partial charge in [0.15, 0.2) is 0 Å². The third-order valence-corrected chi connectivity index (χ3v) is 7.14. The molecule has 5 aromatic rings. The van der Waals surface area contributed by atoms with Gasteiger partial charge in [-0.25, -0.2) is 18.3 Å². The molecule has 3 heterocycles. The number of aryl methyl sites for hydroxylation is 1. The fraction of sp³-hybridized carbons (Fsp3) is 0.161. The fourth-order valence-corrected chi connectivity index (χ4v) is 5.29. The average Bonchev–Trinajstić information content (AvgIpc) is 3.56. The van der Waals surface area contributed by atoms with E-state index in [0.717, 1.165) is 52.2 Å². The van der Waals surface area contributed by atoms with E-state index in [-0.39, 0.29) is 12.2 Å². The molecule has 0 spiro atoms. The lowest BCUT2D eigenvalue weighted by Gasteiger charge is -2.31. The molecule has 1 aliphatic heterocycles. The first kappa shape index (κ1) is 25.4. The maximum Gasteiger partial charge on any atom is 0.323 e. The molecule has 0 fully saturated rings. The van der Waals surface area contributed by atoms with Crippen LogP contribution < -0.4 is 10.1 Å². The van der Waals surface area contributed by atoms with E-state index in [0.29, 0.717) is 12.2 Å². The van der Waals surface area contributed by atoms with Gasteiger partial charge in [0, 0.05) is 17.8 Å². The van der Waals surface area contributed by atoms with Crippen LogP contribution in [0.15, 0.2) is 91.1 Å². The van der Waals surface area contributed by atoms with Gasteiger partial charge in [0.1, 0.15) is 23.2 Å². The first-order valence-corrected chi connectivity index (χ1v) is 13.0. The monoisotopic (exact) mass is 539 g/mol. The Kier molecular flexibility index (Phi) is 6.55. The summed E-state index contributed by atoms with van der Waals surface area (Å²) in [5, 5.41) is 7.55. The van der Waals surface area contributed by atoms with Crippen molar-refractivity contribution in [2.45, 2.75) is 25.9 Å². The third-order valence-electron chi connectivity index (χ3n) is 7.14. The smallest absolute Gasteiger partial charge is 0.323 e. The highest BCUT2D eigenvalue weighted by molar-refractivity contribution is 5.90. The van der Waals surface area contributed by atoms with E-state index in [1.165, 1.54) is 0 Å². The number of ether oxygens (including phenoxy) is 1. The number of urea groups is 1. The summed E-state index contributed by atoms with van der Waals surface area (Å²) in [5.41, 5.74) is 3.96. The van der Waals surface area contributed by atoms with Crippen LogP contribution in [0.1, 0.15) is 35.5 Å². The van der Waals surface area contributed by atoms with Gasteiger partial charge >= 0.3 is 6.03 Å². The second-order valence-corrected chi connectivity index (χ2v) is 9.51. The molecule has 0 saturated carbocycles. The number of carbonyl (C=O) groups excluding carboxylic acids is 1. The predicted molar refractivity (Wildman–Crippen MR) is 148 cm³/mol. The number of nitrogens with zero attached hydrogens (tertiary/aromatic N) is 4. The zero-order valence-corrected chi connectivity index (χ0v) is 22.0. The van der Waals surface area contributed by atoms with Crippen LogP contribution in [0.4, 0.5) is 19.3 Å². The Morgan fingerprint density at radius 3 is 2.62 bits per heavy atom. The summed E-state index contributed by atoms with van der Waals surface area (Å²) in [6.07, 6.45) is 2.59. The van der Waals surface area contributed by atoms with Gasteiger partial charge in [-0.05, 0) is 60.5 Å². The molecular formula is C31H27F2N5O2. The Morgan fingerprint density at radius 2 is 1.85 bits per heavy atom. The molecule has 1 N–H and O–H groups in total. The Morgan fingerprint density at radius 1 is 1.02 bits per heavy atom. The number of rotatable bonds is 5. The molecule has 3 aromatic carbocycles. The van der Waals surface area contributed by atoms with Crippen molar-refractivity contribution in [1.29, 1.82) is 0 Å². The molecule has 202 valence electrons. The summed E-state index contributed by atoms with van der Waals surface area (Å²) >= 11 is 0. The molecule has 0 aliphatic carbocycles. The highest BCUT2D eigenvalue weighted by Gasteiger charge is 2.36. The minimum atomic E-state index is -0.724. The molecule has 7 nitrogen and oxygen atoms in total. The van der Waals surface area contributed by atoms with Gasteiger partial charge < -0.3 is 19.5 Å². The van der Waals surface area contributed by atoms with Gasteiger partial charge in [0.2, 0.25) is 0 Å². The molecule has 6 rings (SSSR count). The summed E-state index contributed by atoms with van der Waals surface area (Å²) in [6, 6.07) is 23.0. The highest BCUT2D eigenvalue weighted by atomic mass is 19.1. The number of methoxy groups -OCH3 is 1. The van der Waals surface area contributed by atoms with Crippen molar-refractivity contribution in [3.05, 3.63) is 125 Å². The lowest BCUT2D eigenvalue weighted by Crippen LogP contribution is -2.38. The second-order valence-electron chi connectivity index (χ2n) is 9.51. The number of fused-ring (bicyclic) bond motifs is 3. The zero-order chi connectivity index (χ0) is 27.8. The number of anilines is 1. The van der Waals surface area contributed by atoms with Crippen LogP contribution >= 0.6 is 0 Å². The van der Waals surface area contributed by atoms with Crippen molar-refractivity contribution in [1.82, 2.24) is 19.2 Å². The summed E-state index contributed by atoms with van der Waals surface area (Å²) in [7, 11) is 1.59. The van der Waals surface area contributed by atoms with E-state index in [2.05, 4.69) is 9.88 Å². The molecule has 0 saturated heterocycles. The average molecular weight is 540 g/mol. The molecule has 1 atom stereocenters. The van der Waals surface area contributed by atoms with Crippen molar-refractivity contribution >= 4 is 11.7 Å². The van der Waals surface area contributed by atoms with E-state index in [9.17, 15) is 13.6 Å². The van der Waals surface area contributed by atoms with E-state index in [1.807, 2.05) is 84.5 Å². The van der Waals surface area contributed by atoms with Crippen LogP contribution in [0.25, 0.3) is 11.5 Å². The Labute approximate surface area is 230 Å². The molecule has 0 unspecified atom stereocenters. The van der Waals surface area contributed by atoms with Crippen molar-refractivity contribution in [3.63, 3.8) is 0 Å². The van der Waals surface area contributed by atoms with Crippen LogP contribution in [0.5, 0.6) is 5.75 Å². The quantitative estimate of drug-likeness (QED) is 0.272. The molecular weight excluding hydrogens is 512 g/mol. The molecule has 9 heteroatoms. The zero-order valence-electron chi connectivity index (χ0n) is 22.0. The van der Waals surface area contributed by atoms with E-state index in [1.54, 1.807) is 12.0 Å². The van der Waals surface area contributed by atoms with Gasteiger partial charge in [-0.15, -0.1) is 0 Å². The summed E-state index contributed by atoms with van der Waals surface area (Å²) in [6.45, 7) is 2.20. The first-order chi connectivity index (χ1) is 19.5. The predicted octanol–water partition coefficient (Wildman–Crippen LogP) is 6.65. The molecule has 40 heavy (non-hydrogen) atoms. The lowest BCUT2D eigenvalue weighted by atomic mass is 10.0. The summed E-state index contributed by atoms with van der Waals surface area (Å²) in [4.78, 5) is 15.6. The second kappa shape index (κ2) is 10.3. The summed E-state index contributed by atoms with van der Waals surface area (Å²) in [5.74, 6) is 0.0879. The number of amides is 2. The van der Waals surface area contributed by atoms with Crippen molar-refractivity contribution in [3.8, 4) is 17.3 Å². The SMILES string of the molecule is CCc1nn(-c2ccccc2)c2c1CN(C(=O)Nc1cc(F)ccc1F)[C@H](c1cccc(OC)c1)c1cccn1-2. The number of benzene rings is 3. The fourth-order valence-electron chi connectivity index (χ4n) is 5.29. The van der Waals surface area contributed by atoms with Gasteiger partial charge in [-0.1, -0.05) is 37.3 Å². The van der Waals surface area contributed by atoms with Gasteiger partial charge in [-0.3, -0.25) is 0 Å². The lowest BCUT2D eigenvalue weighted by molar-refractivity contribution is 0.194. The van der Waals surface area contributed by atoms with Crippen LogP contribution in [0, 0.1) is 11.6 Å². The molecule has 2 amide bonds. The number of hydrogen-bond acceptors (Lipinski definition) is 3. The maximum absolute atomic E-state index is 14.6. The van der Waals surface area contributed by atoms with Gasteiger partial charge in [-0.2, -0.15) is 5.10 Å². The van der Waals surface area contributed by atoms with E-state index in [4.69, 9.17) is 9.84 Å². The maximum atomic E-state index is 14.6. The molecule has 2 aromatic heterocycles. The normalized spacial score (nSPS) is 14.3. The largest absolute Gasteiger partial charge is 0.497 e. The van der Waals surface area contributed by atoms with Crippen LogP contribution in [0.3, 0.4) is 0 Å². The number of halogens is 2. The minimum absolute atomic E-state index is 0.178. The minimum Gasteiger partial charge on any atom is -0.497 e. The van der Waals surface area contributed by atoms with Gasteiger partial charge in [0.25, 0.3) is 0 Å². The Bertz CT molecular complexity index is 1700. The van der Waals surface area contributed by atoms with Crippen molar-refractivity contribution in [2.75, 3.05) is 12.4 Å². The van der Waals surface area contributed by atoms with Gasteiger partial charge in [0.05, 0.1) is 42.5 Å². The number of nitrogens with one attached hydrogen (secondary N) is 1. The molecule has 0 radical (unpaired) electrons. The van der Waals surface area contributed by atoms with Crippen molar-refractivity contribution in [2.24, 2.45) is 0 Å². The Hall–Kier alpha value is -4.92. The third kappa shape index (κ3) is 4.39. The van der Waals surface area contributed by atoms with Crippen LogP contribution in [0.2, 0.25) is 0 Å². The first-order valence-electron chi connectivity index (χ1n) is 13.0.